The number of hydrogen-bond acceptors (Lipinski definition) is 5. The minimum atomic E-state index is -3.52. The van der Waals surface area contributed by atoms with Crippen molar-refractivity contribution in [1.29, 1.82) is 0 Å². The lowest BCUT2D eigenvalue weighted by Crippen LogP contribution is -2.05. The molecule has 0 aliphatic heterocycles. The number of nitrogens with zero attached hydrogens (tertiary/aromatic N) is 2. The van der Waals surface area contributed by atoms with Gasteiger partial charge in [0.05, 0.1) is 21.7 Å². The van der Waals surface area contributed by atoms with Crippen LogP contribution in [-0.2, 0) is 15.6 Å². The molecule has 0 radical (unpaired) electrons. The SMILES string of the molecule is O=S(=O)(Cc1ccccc1Cl)c1ccc2[nH]c(-c3nccs3)nc2c1. The van der Waals surface area contributed by atoms with Crippen LogP contribution in [0, 0.1) is 0 Å². The van der Waals surface area contributed by atoms with Crippen LogP contribution >= 0.6 is 22.9 Å². The Labute approximate surface area is 153 Å². The monoisotopic (exact) mass is 389 g/mol. The first-order valence-corrected chi connectivity index (χ1v) is 10.3. The summed E-state index contributed by atoms with van der Waals surface area (Å²) in [6.07, 6.45) is 1.70. The van der Waals surface area contributed by atoms with Gasteiger partial charge in [-0.2, -0.15) is 0 Å². The summed E-state index contributed by atoms with van der Waals surface area (Å²) in [6, 6.07) is 11.8. The van der Waals surface area contributed by atoms with Crippen LogP contribution in [0.3, 0.4) is 0 Å². The zero-order valence-corrected chi connectivity index (χ0v) is 15.2. The number of rotatable bonds is 4. The quantitative estimate of drug-likeness (QED) is 0.564. The highest BCUT2D eigenvalue weighted by atomic mass is 35.5. The third-order valence-electron chi connectivity index (χ3n) is 3.75. The molecule has 126 valence electrons. The van der Waals surface area contributed by atoms with Gasteiger partial charge in [0.1, 0.15) is 0 Å². The number of H-pyrrole nitrogens is 1. The highest BCUT2D eigenvalue weighted by Gasteiger charge is 2.18. The molecule has 0 spiro atoms. The van der Waals surface area contributed by atoms with E-state index in [2.05, 4.69) is 15.0 Å². The summed E-state index contributed by atoms with van der Waals surface area (Å²) in [5.41, 5.74) is 1.93. The molecule has 0 fully saturated rings. The summed E-state index contributed by atoms with van der Waals surface area (Å²) in [5, 5.41) is 3.07. The Morgan fingerprint density at radius 2 is 2.00 bits per heavy atom. The largest absolute Gasteiger partial charge is 0.336 e. The molecule has 2 aromatic heterocycles. The van der Waals surface area contributed by atoms with E-state index in [9.17, 15) is 8.42 Å². The Balaban J connectivity index is 1.72. The van der Waals surface area contributed by atoms with Crippen molar-refractivity contribution in [2.24, 2.45) is 0 Å². The van der Waals surface area contributed by atoms with Gasteiger partial charge in [-0.3, -0.25) is 0 Å². The van der Waals surface area contributed by atoms with E-state index in [4.69, 9.17) is 11.6 Å². The van der Waals surface area contributed by atoms with Gasteiger partial charge in [0.25, 0.3) is 0 Å². The number of hydrogen-bond donors (Lipinski definition) is 1. The van der Waals surface area contributed by atoms with Gasteiger partial charge < -0.3 is 4.98 Å². The summed E-state index contributed by atoms with van der Waals surface area (Å²) in [6.45, 7) is 0. The number of sulfone groups is 1. The lowest BCUT2D eigenvalue weighted by molar-refractivity contribution is 0.595. The molecule has 2 aromatic carbocycles. The molecule has 8 heteroatoms. The van der Waals surface area contributed by atoms with Crippen molar-refractivity contribution in [1.82, 2.24) is 15.0 Å². The van der Waals surface area contributed by atoms with Crippen molar-refractivity contribution in [2.45, 2.75) is 10.6 Å². The van der Waals surface area contributed by atoms with E-state index in [1.54, 1.807) is 48.7 Å². The predicted octanol–water partition coefficient (Wildman–Crippen LogP) is 4.31. The molecule has 0 saturated heterocycles. The summed E-state index contributed by atoms with van der Waals surface area (Å²) in [4.78, 5) is 12.0. The van der Waals surface area contributed by atoms with E-state index in [1.807, 2.05) is 5.38 Å². The van der Waals surface area contributed by atoms with Gasteiger partial charge >= 0.3 is 0 Å². The normalized spacial score (nSPS) is 11.9. The average Bonchev–Trinajstić information content (AvgIpc) is 3.25. The minimum Gasteiger partial charge on any atom is -0.336 e. The standard InChI is InChI=1S/C17H12ClN3O2S2/c18-13-4-2-1-3-11(13)10-25(22,23)12-5-6-14-15(9-12)21-16(20-14)17-19-7-8-24-17/h1-9H,10H2,(H,20,21). The van der Waals surface area contributed by atoms with Crippen LogP contribution in [0.2, 0.25) is 5.02 Å². The van der Waals surface area contributed by atoms with Crippen LogP contribution in [0.1, 0.15) is 5.56 Å². The maximum atomic E-state index is 12.7. The highest BCUT2D eigenvalue weighted by Crippen LogP contribution is 2.26. The first-order chi connectivity index (χ1) is 12.0. The van der Waals surface area contributed by atoms with Gasteiger partial charge in [-0.1, -0.05) is 29.8 Å². The van der Waals surface area contributed by atoms with Crippen molar-refractivity contribution in [3.8, 4) is 10.8 Å². The third kappa shape index (κ3) is 3.18. The van der Waals surface area contributed by atoms with Gasteiger partial charge in [0, 0.05) is 16.6 Å². The Bertz CT molecular complexity index is 1150. The number of aromatic amines is 1. The number of thiazole rings is 1. The lowest BCUT2D eigenvalue weighted by atomic mass is 10.2. The second-order valence-corrected chi connectivity index (χ2v) is 8.74. The molecule has 0 aliphatic rings. The van der Waals surface area contributed by atoms with Crippen molar-refractivity contribution in [3.05, 3.63) is 64.6 Å². The van der Waals surface area contributed by atoms with E-state index in [1.165, 1.54) is 11.3 Å². The van der Waals surface area contributed by atoms with Gasteiger partial charge in [0.2, 0.25) is 0 Å². The van der Waals surface area contributed by atoms with Gasteiger partial charge in [-0.25, -0.2) is 18.4 Å². The van der Waals surface area contributed by atoms with E-state index in [0.717, 1.165) is 10.5 Å². The number of halogens is 1. The molecule has 25 heavy (non-hydrogen) atoms. The topological polar surface area (TPSA) is 75.7 Å². The molecule has 0 amide bonds. The summed E-state index contributed by atoms with van der Waals surface area (Å²) in [7, 11) is -3.52. The molecule has 4 aromatic rings. The van der Waals surface area contributed by atoms with Crippen molar-refractivity contribution in [3.63, 3.8) is 0 Å². The molecular formula is C17H12ClN3O2S2. The maximum absolute atomic E-state index is 12.7. The molecule has 2 heterocycles. The van der Waals surface area contributed by atoms with Gasteiger partial charge in [0.15, 0.2) is 20.7 Å². The smallest absolute Gasteiger partial charge is 0.182 e. The van der Waals surface area contributed by atoms with Crippen LogP contribution in [0.25, 0.3) is 21.9 Å². The molecule has 0 saturated carbocycles. The average molecular weight is 390 g/mol. The Morgan fingerprint density at radius 3 is 2.76 bits per heavy atom. The zero-order valence-electron chi connectivity index (χ0n) is 12.8. The summed E-state index contributed by atoms with van der Waals surface area (Å²) < 4.78 is 25.5. The van der Waals surface area contributed by atoms with E-state index in [0.29, 0.717) is 21.9 Å². The Hall–Kier alpha value is -2.22. The number of nitrogens with one attached hydrogen (secondary N) is 1. The number of fused-ring (bicyclic) bond motifs is 1. The van der Waals surface area contributed by atoms with Gasteiger partial charge in [-0.15, -0.1) is 11.3 Å². The highest BCUT2D eigenvalue weighted by molar-refractivity contribution is 7.90. The van der Waals surface area contributed by atoms with Crippen LogP contribution in [0.4, 0.5) is 0 Å². The van der Waals surface area contributed by atoms with Crippen LogP contribution in [-0.4, -0.2) is 23.4 Å². The fourth-order valence-corrected chi connectivity index (χ4v) is 4.78. The molecular weight excluding hydrogens is 378 g/mol. The number of benzene rings is 2. The molecule has 5 nitrogen and oxygen atoms in total. The van der Waals surface area contributed by atoms with Crippen LogP contribution < -0.4 is 0 Å². The second-order valence-electron chi connectivity index (χ2n) is 5.45. The first-order valence-electron chi connectivity index (χ1n) is 7.39. The van der Waals surface area contributed by atoms with Crippen LogP contribution in [0.15, 0.2) is 58.9 Å². The molecule has 0 atom stereocenters. The summed E-state index contributed by atoms with van der Waals surface area (Å²) >= 11 is 7.55. The van der Waals surface area contributed by atoms with Gasteiger partial charge in [-0.05, 0) is 29.8 Å². The minimum absolute atomic E-state index is 0.151. The molecule has 0 bridgehead atoms. The fraction of sp³-hybridized carbons (Fsp3) is 0.0588. The van der Waals surface area contributed by atoms with Crippen LogP contribution in [0.5, 0.6) is 0 Å². The second kappa shape index (κ2) is 6.25. The number of aromatic nitrogens is 3. The molecule has 0 unspecified atom stereocenters. The van der Waals surface area contributed by atoms with E-state index < -0.39 is 9.84 Å². The lowest BCUT2D eigenvalue weighted by Gasteiger charge is -2.06. The van der Waals surface area contributed by atoms with E-state index >= 15 is 0 Å². The number of imidazole rings is 1. The Kier molecular flexibility index (Phi) is 4.07. The van der Waals surface area contributed by atoms with Crippen molar-refractivity contribution in [2.75, 3.05) is 0 Å². The molecule has 1 N–H and O–H groups in total. The third-order valence-corrected chi connectivity index (χ3v) is 6.56. The predicted molar refractivity (Wildman–Crippen MR) is 99.5 cm³/mol. The summed E-state index contributed by atoms with van der Waals surface area (Å²) in [5.74, 6) is 0.479. The molecule has 0 aliphatic carbocycles. The fourth-order valence-electron chi connectivity index (χ4n) is 2.52. The zero-order chi connectivity index (χ0) is 17.4. The van der Waals surface area contributed by atoms with Crippen molar-refractivity contribution < 1.29 is 8.42 Å². The van der Waals surface area contributed by atoms with E-state index in [-0.39, 0.29) is 10.6 Å². The Morgan fingerprint density at radius 1 is 1.16 bits per heavy atom. The molecule has 4 rings (SSSR count). The maximum Gasteiger partial charge on any atom is 0.182 e. The first kappa shape index (κ1) is 16.3. The van der Waals surface area contributed by atoms with Crippen molar-refractivity contribution >= 4 is 43.8 Å².